The second-order valence-electron chi connectivity index (χ2n) is 5.63. The number of fused-ring (bicyclic) bond motifs is 1. The van der Waals surface area contributed by atoms with Gasteiger partial charge < -0.3 is 10.1 Å². The zero-order chi connectivity index (χ0) is 18.0. The van der Waals surface area contributed by atoms with Gasteiger partial charge in [0.25, 0.3) is 5.91 Å². The summed E-state index contributed by atoms with van der Waals surface area (Å²) in [7, 11) is 1.59. The van der Waals surface area contributed by atoms with Crippen LogP contribution in [0.25, 0.3) is 10.9 Å². The van der Waals surface area contributed by atoms with Crippen molar-refractivity contribution < 1.29 is 14.3 Å². The Morgan fingerprint density at radius 1 is 1.16 bits per heavy atom. The summed E-state index contributed by atoms with van der Waals surface area (Å²) in [6.45, 7) is 1.79. The Kier molecular flexibility index (Phi) is 4.76. The maximum Gasteiger partial charge on any atom is 0.262 e. The number of amides is 1. The molecule has 0 saturated carbocycles. The first-order chi connectivity index (χ1) is 12.0. The van der Waals surface area contributed by atoms with Crippen LogP contribution in [0, 0.1) is 0 Å². The third kappa shape index (κ3) is 3.51. The van der Waals surface area contributed by atoms with E-state index >= 15 is 0 Å². The highest BCUT2D eigenvalue weighted by Crippen LogP contribution is 2.27. The van der Waals surface area contributed by atoms with Crippen molar-refractivity contribution >= 4 is 34.3 Å². The van der Waals surface area contributed by atoms with Crippen LogP contribution in [0.3, 0.4) is 0 Å². The first-order valence-corrected chi connectivity index (χ1v) is 8.10. The van der Waals surface area contributed by atoms with Crippen molar-refractivity contribution in [2.24, 2.45) is 0 Å². The summed E-state index contributed by atoms with van der Waals surface area (Å²) in [5.41, 5.74) is 2.12. The number of halogens is 1. The summed E-state index contributed by atoms with van der Waals surface area (Å²) >= 11 is 5.89. The number of rotatable bonds is 4. The molecule has 0 saturated heterocycles. The molecule has 0 atom stereocenters. The van der Waals surface area contributed by atoms with E-state index in [1.165, 1.54) is 6.92 Å². The Morgan fingerprint density at radius 2 is 1.88 bits per heavy atom. The molecule has 5 nitrogen and oxygen atoms in total. The minimum Gasteiger partial charge on any atom is -0.497 e. The number of hydrogen-bond donors (Lipinski definition) is 1. The van der Waals surface area contributed by atoms with Gasteiger partial charge in [-0.15, -0.1) is 0 Å². The fraction of sp³-hybridized carbons (Fsp3) is 0.158. The van der Waals surface area contributed by atoms with E-state index in [1.54, 1.807) is 48.2 Å². The first kappa shape index (κ1) is 17.0. The Hall–Kier alpha value is -2.79. The van der Waals surface area contributed by atoms with E-state index in [0.29, 0.717) is 22.9 Å². The van der Waals surface area contributed by atoms with Gasteiger partial charge >= 0.3 is 0 Å². The summed E-state index contributed by atoms with van der Waals surface area (Å²) in [5.74, 6) is 0.391. The number of hydrogen-bond acceptors (Lipinski definition) is 3. The molecule has 1 amide bonds. The molecule has 6 heteroatoms. The lowest BCUT2D eigenvalue weighted by Gasteiger charge is -2.05. The van der Waals surface area contributed by atoms with Crippen LogP contribution in [0.15, 0.2) is 48.7 Å². The molecule has 128 valence electrons. The predicted octanol–water partition coefficient (Wildman–Crippen LogP) is 3.63. The van der Waals surface area contributed by atoms with Crippen molar-refractivity contribution in [3.8, 4) is 5.75 Å². The van der Waals surface area contributed by atoms with Crippen LogP contribution in [-0.2, 0) is 11.3 Å². The fourth-order valence-electron chi connectivity index (χ4n) is 2.66. The van der Waals surface area contributed by atoms with Crippen molar-refractivity contribution in [3.05, 3.63) is 64.8 Å². The number of benzene rings is 2. The van der Waals surface area contributed by atoms with Crippen molar-refractivity contribution in [2.45, 2.75) is 13.5 Å². The van der Waals surface area contributed by atoms with Gasteiger partial charge in [-0.3, -0.25) is 14.2 Å². The van der Waals surface area contributed by atoms with Crippen LogP contribution in [0.5, 0.6) is 5.75 Å². The molecule has 2 aromatic carbocycles. The molecule has 1 heterocycles. The molecule has 3 aromatic rings. The Bertz CT molecular complexity index is 945. The average Bonchev–Trinajstić information content (AvgIpc) is 2.97. The largest absolute Gasteiger partial charge is 0.497 e. The Balaban J connectivity index is 2.09. The maximum atomic E-state index is 12.9. The van der Waals surface area contributed by atoms with E-state index in [9.17, 15) is 9.59 Å². The monoisotopic (exact) mass is 356 g/mol. The summed E-state index contributed by atoms with van der Waals surface area (Å²) in [5, 5.41) is 4.20. The molecule has 0 bridgehead atoms. The topological polar surface area (TPSA) is 60.3 Å². The van der Waals surface area contributed by atoms with Gasteiger partial charge in [0.05, 0.1) is 12.6 Å². The van der Waals surface area contributed by atoms with Crippen LogP contribution < -0.4 is 10.1 Å². The number of aromatic nitrogens is 1. The van der Waals surface area contributed by atoms with Crippen molar-refractivity contribution in [3.63, 3.8) is 0 Å². The van der Waals surface area contributed by atoms with E-state index < -0.39 is 0 Å². The molecule has 0 spiro atoms. The predicted molar refractivity (Wildman–Crippen MR) is 97.2 cm³/mol. The Labute approximate surface area is 150 Å². The summed E-state index contributed by atoms with van der Waals surface area (Å²) in [6, 6.07) is 12.2. The third-order valence-corrected chi connectivity index (χ3v) is 4.18. The molecule has 3 rings (SSSR count). The van der Waals surface area contributed by atoms with E-state index in [4.69, 9.17) is 16.3 Å². The lowest BCUT2D eigenvalue weighted by Crippen LogP contribution is -2.18. The van der Waals surface area contributed by atoms with Crippen LogP contribution in [0.1, 0.15) is 22.8 Å². The lowest BCUT2D eigenvalue weighted by atomic mass is 10.1. The molecule has 0 aliphatic rings. The molecule has 0 fully saturated rings. The zero-order valence-corrected chi connectivity index (χ0v) is 14.6. The average molecular weight is 357 g/mol. The normalized spacial score (nSPS) is 10.7. The molecule has 0 aliphatic heterocycles. The first-order valence-electron chi connectivity index (χ1n) is 7.72. The van der Waals surface area contributed by atoms with E-state index in [2.05, 4.69) is 5.32 Å². The van der Waals surface area contributed by atoms with Gasteiger partial charge in [-0.05, 0) is 48.0 Å². The minimum atomic E-state index is -0.166. The van der Waals surface area contributed by atoms with Crippen LogP contribution in [-0.4, -0.2) is 23.5 Å². The standard InChI is InChI=1S/C19H17ClN2O3/c1-12(23)21-10-14-11-22(18-8-7-16(25-2)9-17(14)18)19(24)13-3-5-15(20)6-4-13/h3-9,11H,10H2,1-2H3,(H,21,23). The van der Waals surface area contributed by atoms with Gasteiger partial charge in [0, 0.05) is 35.6 Å². The maximum absolute atomic E-state index is 12.9. The summed E-state index contributed by atoms with van der Waals surface area (Å²) in [6.07, 6.45) is 1.75. The molecule has 0 aliphatic carbocycles. The number of nitrogens with zero attached hydrogens (tertiary/aromatic N) is 1. The Morgan fingerprint density at radius 3 is 2.52 bits per heavy atom. The van der Waals surface area contributed by atoms with Gasteiger partial charge in [-0.1, -0.05) is 11.6 Å². The molecule has 25 heavy (non-hydrogen) atoms. The second kappa shape index (κ2) is 6.99. The van der Waals surface area contributed by atoms with Crippen LogP contribution >= 0.6 is 11.6 Å². The van der Waals surface area contributed by atoms with Crippen LogP contribution in [0.4, 0.5) is 0 Å². The molecule has 0 radical (unpaired) electrons. The highest BCUT2D eigenvalue weighted by molar-refractivity contribution is 6.30. The van der Waals surface area contributed by atoms with Gasteiger partial charge in [-0.25, -0.2) is 0 Å². The third-order valence-electron chi connectivity index (χ3n) is 3.93. The molecular weight excluding hydrogens is 340 g/mol. The van der Waals surface area contributed by atoms with E-state index in [1.807, 2.05) is 12.1 Å². The van der Waals surface area contributed by atoms with E-state index in [0.717, 1.165) is 16.5 Å². The van der Waals surface area contributed by atoms with Crippen molar-refractivity contribution in [1.29, 1.82) is 0 Å². The van der Waals surface area contributed by atoms with Gasteiger partial charge in [0.1, 0.15) is 5.75 Å². The van der Waals surface area contributed by atoms with Crippen molar-refractivity contribution in [1.82, 2.24) is 9.88 Å². The number of nitrogens with one attached hydrogen (secondary N) is 1. The molecular formula is C19H17ClN2O3. The summed E-state index contributed by atoms with van der Waals surface area (Å²) < 4.78 is 6.85. The highest BCUT2D eigenvalue weighted by Gasteiger charge is 2.16. The zero-order valence-electron chi connectivity index (χ0n) is 13.9. The number of methoxy groups -OCH3 is 1. The van der Waals surface area contributed by atoms with Crippen molar-refractivity contribution in [2.75, 3.05) is 7.11 Å². The number of carbonyl (C=O) groups is 2. The molecule has 0 unspecified atom stereocenters. The second-order valence-corrected chi connectivity index (χ2v) is 6.07. The van der Waals surface area contributed by atoms with E-state index in [-0.39, 0.29) is 11.8 Å². The number of ether oxygens (including phenoxy) is 1. The fourth-order valence-corrected chi connectivity index (χ4v) is 2.79. The van der Waals surface area contributed by atoms with Crippen LogP contribution in [0.2, 0.25) is 5.02 Å². The highest BCUT2D eigenvalue weighted by atomic mass is 35.5. The summed E-state index contributed by atoms with van der Waals surface area (Å²) in [4.78, 5) is 24.1. The smallest absolute Gasteiger partial charge is 0.262 e. The van der Waals surface area contributed by atoms with Gasteiger partial charge in [0.15, 0.2) is 0 Å². The molecule has 1 N–H and O–H groups in total. The molecule has 1 aromatic heterocycles. The number of carbonyl (C=O) groups excluding carboxylic acids is 2. The lowest BCUT2D eigenvalue weighted by molar-refractivity contribution is -0.119. The minimum absolute atomic E-state index is 0.132. The van der Waals surface area contributed by atoms with Gasteiger partial charge in [0.2, 0.25) is 5.91 Å². The quantitative estimate of drug-likeness (QED) is 0.776. The van der Waals surface area contributed by atoms with Gasteiger partial charge in [-0.2, -0.15) is 0 Å². The SMILES string of the molecule is COc1ccc2c(c1)c(CNC(C)=O)cn2C(=O)c1ccc(Cl)cc1.